The first kappa shape index (κ1) is 25.0. The van der Waals surface area contributed by atoms with Crippen LogP contribution in [-0.2, 0) is 0 Å². The average Bonchev–Trinajstić information content (AvgIpc) is 2.64. The molecule has 1 aliphatic heterocycles. The lowest BCUT2D eigenvalue weighted by Crippen LogP contribution is -2.56. The van der Waals surface area contributed by atoms with Crippen molar-refractivity contribution in [3.8, 4) is 0 Å². The molecule has 1 aromatic carbocycles. The molecule has 160 valence electrons. The number of rotatable bonds is 5. The van der Waals surface area contributed by atoms with Gasteiger partial charge in [-0.1, -0.05) is 29.8 Å². The molecule has 9 heteroatoms. The largest absolute Gasteiger partial charge is 0.403 e. The van der Waals surface area contributed by atoms with Crippen LogP contribution in [0.5, 0.6) is 0 Å². The van der Waals surface area contributed by atoms with Gasteiger partial charge in [-0.3, -0.25) is 9.89 Å². The van der Waals surface area contributed by atoms with E-state index in [1.165, 1.54) is 11.8 Å². The van der Waals surface area contributed by atoms with Crippen LogP contribution in [0.1, 0.15) is 31.1 Å². The quantitative estimate of drug-likeness (QED) is 0.360. The third-order valence-corrected chi connectivity index (χ3v) is 4.85. The summed E-state index contributed by atoms with van der Waals surface area (Å²) in [4.78, 5) is 7.89. The molecular formula is C19H30F3IN4O. The Labute approximate surface area is 182 Å². The highest BCUT2D eigenvalue weighted by Gasteiger charge is 2.41. The molecule has 0 saturated carbocycles. The maximum atomic E-state index is 12.9. The molecule has 0 aliphatic carbocycles. The molecular weight excluding hydrogens is 484 g/mol. The lowest BCUT2D eigenvalue weighted by molar-refractivity contribution is -0.181. The van der Waals surface area contributed by atoms with Crippen LogP contribution in [0.25, 0.3) is 0 Å². The molecule has 2 unspecified atom stereocenters. The summed E-state index contributed by atoms with van der Waals surface area (Å²) >= 11 is 0. The molecule has 1 aliphatic rings. The Bertz CT molecular complexity index is 617. The molecule has 0 aromatic heterocycles. The lowest BCUT2D eigenvalue weighted by Gasteiger charge is -2.39. The lowest BCUT2D eigenvalue weighted by atomic mass is 10.1. The van der Waals surface area contributed by atoms with Crippen molar-refractivity contribution in [2.75, 3.05) is 39.3 Å². The molecule has 0 spiro atoms. The van der Waals surface area contributed by atoms with E-state index in [1.54, 1.807) is 0 Å². The van der Waals surface area contributed by atoms with E-state index in [0.29, 0.717) is 38.7 Å². The van der Waals surface area contributed by atoms with E-state index >= 15 is 0 Å². The highest BCUT2D eigenvalue weighted by molar-refractivity contribution is 14.0. The monoisotopic (exact) mass is 514 g/mol. The number of guanidine groups is 1. The Morgan fingerprint density at radius 3 is 2.25 bits per heavy atom. The van der Waals surface area contributed by atoms with E-state index in [-0.39, 0.29) is 30.5 Å². The van der Waals surface area contributed by atoms with E-state index < -0.39 is 18.3 Å². The van der Waals surface area contributed by atoms with E-state index in [0.717, 1.165) is 11.1 Å². The number of alkyl halides is 3. The van der Waals surface area contributed by atoms with Crippen molar-refractivity contribution in [3.63, 3.8) is 0 Å². The number of nitrogens with zero attached hydrogens (tertiary/aromatic N) is 3. The number of halogens is 4. The standard InChI is InChI=1S/C19H29F3N4O.HI/c1-4-23-18(24-13-17(27)16-7-5-14(2)6-8-16)26-11-9-25(10-12-26)15(3)19(20,21)22;/h5-8,15,17,27H,4,9-13H2,1-3H3,(H,23,24);1H. The van der Waals surface area contributed by atoms with Crippen LogP contribution in [0.15, 0.2) is 29.3 Å². The molecule has 2 rings (SSSR count). The fourth-order valence-corrected chi connectivity index (χ4v) is 3.02. The van der Waals surface area contributed by atoms with Crippen molar-refractivity contribution in [1.82, 2.24) is 15.1 Å². The highest BCUT2D eigenvalue weighted by Crippen LogP contribution is 2.25. The van der Waals surface area contributed by atoms with Crippen LogP contribution in [0, 0.1) is 6.92 Å². The zero-order chi connectivity index (χ0) is 20.0. The smallest absolute Gasteiger partial charge is 0.386 e. The Morgan fingerprint density at radius 1 is 1.18 bits per heavy atom. The van der Waals surface area contributed by atoms with Crippen LogP contribution in [0.2, 0.25) is 0 Å². The topological polar surface area (TPSA) is 51.1 Å². The fourth-order valence-electron chi connectivity index (χ4n) is 3.02. The van der Waals surface area contributed by atoms with E-state index in [4.69, 9.17) is 0 Å². The van der Waals surface area contributed by atoms with Gasteiger partial charge < -0.3 is 15.3 Å². The predicted molar refractivity (Wildman–Crippen MR) is 116 cm³/mol. The summed E-state index contributed by atoms with van der Waals surface area (Å²) in [5, 5.41) is 13.5. The molecule has 28 heavy (non-hydrogen) atoms. The van der Waals surface area contributed by atoms with Gasteiger partial charge in [0.05, 0.1) is 12.6 Å². The second-order valence-corrected chi connectivity index (χ2v) is 6.86. The summed E-state index contributed by atoms with van der Waals surface area (Å²) in [5.74, 6) is 0.628. The molecule has 0 radical (unpaired) electrons. The number of aliphatic hydroxyl groups excluding tert-OH is 1. The average molecular weight is 514 g/mol. The number of aliphatic hydroxyl groups is 1. The summed E-state index contributed by atoms with van der Waals surface area (Å²) < 4.78 is 38.7. The van der Waals surface area contributed by atoms with E-state index in [9.17, 15) is 18.3 Å². The van der Waals surface area contributed by atoms with E-state index in [2.05, 4.69) is 10.3 Å². The van der Waals surface area contributed by atoms with Gasteiger partial charge in [0.25, 0.3) is 0 Å². The van der Waals surface area contributed by atoms with Gasteiger partial charge in [-0.2, -0.15) is 13.2 Å². The minimum atomic E-state index is -4.21. The van der Waals surface area contributed by atoms with Crippen LogP contribution < -0.4 is 5.32 Å². The summed E-state index contributed by atoms with van der Waals surface area (Å²) in [6, 6.07) is 6.19. The van der Waals surface area contributed by atoms with Crippen LogP contribution in [-0.4, -0.2) is 72.4 Å². The SMILES string of the molecule is CCNC(=NCC(O)c1ccc(C)cc1)N1CCN(C(C)C(F)(F)F)CC1.I. The van der Waals surface area contributed by atoms with Crippen LogP contribution >= 0.6 is 24.0 Å². The molecule has 2 N–H and O–H groups in total. The van der Waals surface area contributed by atoms with Crippen molar-refractivity contribution < 1.29 is 18.3 Å². The minimum absolute atomic E-state index is 0. The van der Waals surface area contributed by atoms with Gasteiger partial charge in [0, 0.05) is 32.7 Å². The summed E-state index contributed by atoms with van der Waals surface area (Å²) in [6.45, 7) is 7.55. The third kappa shape index (κ3) is 7.07. The van der Waals surface area contributed by atoms with Crippen LogP contribution in [0.3, 0.4) is 0 Å². The maximum Gasteiger partial charge on any atom is 0.403 e. The molecule has 1 heterocycles. The van der Waals surface area contributed by atoms with E-state index in [1.807, 2.05) is 43.0 Å². The normalized spacial score (nSPS) is 18.4. The molecule has 0 bridgehead atoms. The number of aliphatic imine (C=N–C) groups is 1. The predicted octanol–water partition coefficient (Wildman–Crippen LogP) is 3.18. The zero-order valence-corrected chi connectivity index (χ0v) is 18.9. The number of benzene rings is 1. The van der Waals surface area contributed by atoms with Crippen molar-refractivity contribution in [1.29, 1.82) is 0 Å². The maximum absolute atomic E-state index is 12.9. The van der Waals surface area contributed by atoms with Crippen molar-refractivity contribution in [2.24, 2.45) is 4.99 Å². The first-order valence-corrected chi connectivity index (χ1v) is 9.31. The second kappa shape index (κ2) is 11.2. The second-order valence-electron chi connectivity index (χ2n) is 6.86. The summed E-state index contributed by atoms with van der Waals surface area (Å²) in [5.41, 5.74) is 1.91. The molecule has 1 fully saturated rings. The first-order chi connectivity index (χ1) is 12.7. The van der Waals surface area contributed by atoms with Crippen LogP contribution in [0.4, 0.5) is 13.2 Å². The highest BCUT2D eigenvalue weighted by atomic mass is 127. The van der Waals surface area contributed by atoms with Crippen molar-refractivity contribution in [3.05, 3.63) is 35.4 Å². The summed E-state index contributed by atoms with van der Waals surface area (Å²) in [7, 11) is 0. The number of aryl methyl sites for hydroxylation is 1. The Kier molecular flexibility index (Phi) is 9.99. The van der Waals surface area contributed by atoms with Gasteiger partial charge in [-0.15, -0.1) is 24.0 Å². The van der Waals surface area contributed by atoms with Gasteiger partial charge in [0.2, 0.25) is 0 Å². The van der Waals surface area contributed by atoms with Gasteiger partial charge >= 0.3 is 6.18 Å². The molecule has 0 amide bonds. The molecule has 1 saturated heterocycles. The number of nitrogens with one attached hydrogen (secondary N) is 1. The van der Waals surface area contributed by atoms with Gasteiger partial charge in [-0.25, -0.2) is 0 Å². The Balaban J connectivity index is 0.00000392. The first-order valence-electron chi connectivity index (χ1n) is 9.31. The molecule has 1 aromatic rings. The fraction of sp³-hybridized carbons (Fsp3) is 0.632. The summed E-state index contributed by atoms with van der Waals surface area (Å²) in [6.07, 6.45) is -4.93. The molecule has 2 atom stereocenters. The van der Waals surface area contributed by atoms with Crippen molar-refractivity contribution >= 4 is 29.9 Å². The third-order valence-electron chi connectivity index (χ3n) is 4.85. The van der Waals surface area contributed by atoms with Crippen molar-refractivity contribution in [2.45, 2.75) is 39.1 Å². The zero-order valence-electron chi connectivity index (χ0n) is 16.5. The Hall–Kier alpha value is -1.07. The van der Waals surface area contributed by atoms with Gasteiger partial charge in [-0.05, 0) is 26.3 Å². The Morgan fingerprint density at radius 2 is 1.75 bits per heavy atom. The van der Waals surface area contributed by atoms with Gasteiger partial charge in [0.1, 0.15) is 6.04 Å². The van der Waals surface area contributed by atoms with Gasteiger partial charge in [0.15, 0.2) is 5.96 Å². The molecule has 5 nitrogen and oxygen atoms in total. The number of hydrogen-bond donors (Lipinski definition) is 2. The number of piperazine rings is 1. The number of hydrogen-bond acceptors (Lipinski definition) is 3. The minimum Gasteiger partial charge on any atom is -0.386 e.